The first-order valence-electron chi connectivity index (χ1n) is 4.11. The molecule has 0 amide bonds. The molecule has 0 radical (unpaired) electrons. The number of anilines is 1. The predicted octanol–water partition coefficient (Wildman–Crippen LogP) is 1.06. The normalized spacial score (nSPS) is 10.1. The Bertz CT molecular complexity index is 438. The Labute approximate surface area is 80.9 Å². The SMILES string of the molecule is COc1ccnc(-c2cc(N)n[nH]2)c1. The van der Waals surface area contributed by atoms with Gasteiger partial charge in [-0.1, -0.05) is 0 Å². The number of aromatic amines is 1. The molecule has 0 atom stereocenters. The highest BCUT2D eigenvalue weighted by Crippen LogP contribution is 2.20. The van der Waals surface area contributed by atoms with Crippen molar-refractivity contribution in [3.8, 4) is 17.1 Å². The van der Waals surface area contributed by atoms with E-state index in [2.05, 4.69) is 15.2 Å². The molecule has 5 nitrogen and oxygen atoms in total. The second kappa shape index (κ2) is 3.37. The topological polar surface area (TPSA) is 76.8 Å². The highest BCUT2D eigenvalue weighted by molar-refractivity contribution is 5.59. The molecule has 72 valence electrons. The first-order chi connectivity index (χ1) is 6.79. The first-order valence-corrected chi connectivity index (χ1v) is 4.11. The Kier molecular flexibility index (Phi) is 2.06. The standard InChI is InChI=1S/C9H10N4O/c1-14-6-2-3-11-7(4-6)8-5-9(10)13-12-8/h2-5H,1H3,(H3,10,12,13). The molecule has 3 N–H and O–H groups in total. The van der Waals surface area contributed by atoms with E-state index in [0.29, 0.717) is 5.82 Å². The molecule has 0 saturated carbocycles. The van der Waals surface area contributed by atoms with Crippen LogP contribution in [0.5, 0.6) is 5.75 Å². The van der Waals surface area contributed by atoms with E-state index < -0.39 is 0 Å². The van der Waals surface area contributed by atoms with E-state index in [1.807, 2.05) is 6.07 Å². The zero-order chi connectivity index (χ0) is 9.97. The van der Waals surface area contributed by atoms with Gasteiger partial charge in [-0.2, -0.15) is 5.10 Å². The maximum absolute atomic E-state index is 5.49. The Morgan fingerprint density at radius 2 is 2.29 bits per heavy atom. The molecule has 2 heterocycles. The smallest absolute Gasteiger partial charge is 0.145 e. The van der Waals surface area contributed by atoms with Gasteiger partial charge in [0.2, 0.25) is 0 Å². The maximum atomic E-state index is 5.49. The van der Waals surface area contributed by atoms with Crippen molar-refractivity contribution in [2.45, 2.75) is 0 Å². The summed E-state index contributed by atoms with van der Waals surface area (Å²) in [4.78, 5) is 4.16. The van der Waals surface area contributed by atoms with Crippen molar-refractivity contribution >= 4 is 5.82 Å². The highest BCUT2D eigenvalue weighted by Gasteiger charge is 2.03. The second-order valence-corrected chi connectivity index (χ2v) is 2.79. The molecule has 0 aliphatic rings. The Hall–Kier alpha value is -2.04. The van der Waals surface area contributed by atoms with Crippen LogP contribution in [-0.4, -0.2) is 22.3 Å². The zero-order valence-corrected chi connectivity index (χ0v) is 7.69. The van der Waals surface area contributed by atoms with E-state index in [1.54, 1.807) is 25.4 Å². The fraction of sp³-hybridized carbons (Fsp3) is 0.111. The van der Waals surface area contributed by atoms with Gasteiger partial charge < -0.3 is 10.5 Å². The monoisotopic (exact) mass is 190 g/mol. The molecule has 0 unspecified atom stereocenters. The summed E-state index contributed by atoms with van der Waals surface area (Å²) in [5.41, 5.74) is 7.02. The van der Waals surface area contributed by atoms with Crippen molar-refractivity contribution < 1.29 is 4.74 Å². The van der Waals surface area contributed by atoms with Gasteiger partial charge in [-0.15, -0.1) is 0 Å². The van der Waals surface area contributed by atoms with Crippen LogP contribution in [0.4, 0.5) is 5.82 Å². The molecule has 0 saturated heterocycles. The van der Waals surface area contributed by atoms with E-state index in [9.17, 15) is 0 Å². The molecule has 5 heteroatoms. The predicted molar refractivity (Wildman–Crippen MR) is 52.8 cm³/mol. The van der Waals surface area contributed by atoms with Crippen molar-refractivity contribution in [2.24, 2.45) is 0 Å². The molecule has 0 aliphatic carbocycles. The van der Waals surface area contributed by atoms with Gasteiger partial charge in [0.1, 0.15) is 11.6 Å². The van der Waals surface area contributed by atoms with Crippen LogP contribution in [0.2, 0.25) is 0 Å². The third-order valence-corrected chi connectivity index (χ3v) is 1.84. The summed E-state index contributed by atoms with van der Waals surface area (Å²) in [6.07, 6.45) is 1.67. The Morgan fingerprint density at radius 3 is 2.93 bits per heavy atom. The molecule has 14 heavy (non-hydrogen) atoms. The third kappa shape index (κ3) is 1.52. The summed E-state index contributed by atoms with van der Waals surface area (Å²) in [6, 6.07) is 5.32. The number of ether oxygens (including phenoxy) is 1. The van der Waals surface area contributed by atoms with Crippen molar-refractivity contribution in [2.75, 3.05) is 12.8 Å². The summed E-state index contributed by atoms with van der Waals surface area (Å²) in [5.74, 6) is 1.20. The molecule has 0 spiro atoms. The lowest BCUT2D eigenvalue weighted by Crippen LogP contribution is -1.87. The number of hydrogen-bond acceptors (Lipinski definition) is 4. The summed E-state index contributed by atoms with van der Waals surface area (Å²) in [5, 5.41) is 6.60. The average molecular weight is 190 g/mol. The largest absolute Gasteiger partial charge is 0.497 e. The van der Waals surface area contributed by atoms with Crippen LogP contribution in [0.25, 0.3) is 11.4 Å². The number of nitrogens with two attached hydrogens (primary N) is 1. The van der Waals surface area contributed by atoms with E-state index in [-0.39, 0.29) is 0 Å². The van der Waals surface area contributed by atoms with E-state index in [4.69, 9.17) is 10.5 Å². The van der Waals surface area contributed by atoms with Gasteiger partial charge in [-0.25, -0.2) is 0 Å². The lowest BCUT2D eigenvalue weighted by molar-refractivity contribution is 0.414. The van der Waals surface area contributed by atoms with Crippen molar-refractivity contribution in [3.05, 3.63) is 24.4 Å². The number of aromatic nitrogens is 3. The van der Waals surface area contributed by atoms with E-state index in [1.165, 1.54) is 0 Å². The van der Waals surface area contributed by atoms with Crippen molar-refractivity contribution in [3.63, 3.8) is 0 Å². The zero-order valence-electron chi connectivity index (χ0n) is 7.69. The lowest BCUT2D eigenvalue weighted by Gasteiger charge is -2.00. The summed E-state index contributed by atoms with van der Waals surface area (Å²) in [6.45, 7) is 0. The van der Waals surface area contributed by atoms with Crippen LogP contribution >= 0.6 is 0 Å². The van der Waals surface area contributed by atoms with Crippen LogP contribution in [0.15, 0.2) is 24.4 Å². The Balaban J connectivity index is 2.41. The summed E-state index contributed by atoms with van der Waals surface area (Å²) >= 11 is 0. The number of hydrogen-bond donors (Lipinski definition) is 2. The minimum Gasteiger partial charge on any atom is -0.497 e. The fourth-order valence-electron chi connectivity index (χ4n) is 1.15. The number of methoxy groups -OCH3 is 1. The van der Waals surface area contributed by atoms with Gasteiger partial charge in [0.25, 0.3) is 0 Å². The van der Waals surface area contributed by atoms with Crippen LogP contribution in [0.3, 0.4) is 0 Å². The molecule has 2 aromatic rings. The second-order valence-electron chi connectivity index (χ2n) is 2.79. The summed E-state index contributed by atoms with van der Waals surface area (Å²) < 4.78 is 5.08. The number of nitrogens with zero attached hydrogens (tertiary/aromatic N) is 2. The molecule has 0 aromatic carbocycles. The quantitative estimate of drug-likeness (QED) is 0.742. The molecule has 0 aliphatic heterocycles. The molecule has 2 aromatic heterocycles. The lowest BCUT2D eigenvalue weighted by atomic mass is 10.2. The molecular formula is C9H10N4O. The molecule has 2 rings (SSSR count). The number of nitrogens with one attached hydrogen (secondary N) is 1. The fourth-order valence-corrected chi connectivity index (χ4v) is 1.15. The Morgan fingerprint density at radius 1 is 1.43 bits per heavy atom. The number of nitrogen functional groups attached to an aromatic ring is 1. The van der Waals surface area contributed by atoms with Gasteiger partial charge in [0.05, 0.1) is 18.5 Å². The number of rotatable bonds is 2. The first kappa shape index (κ1) is 8.55. The van der Waals surface area contributed by atoms with E-state index >= 15 is 0 Å². The van der Waals surface area contributed by atoms with Crippen molar-refractivity contribution in [1.82, 2.24) is 15.2 Å². The van der Waals surface area contributed by atoms with Crippen LogP contribution in [-0.2, 0) is 0 Å². The van der Waals surface area contributed by atoms with Gasteiger partial charge in [0.15, 0.2) is 0 Å². The highest BCUT2D eigenvalue weighted by atomic mass is 16.5. The van der Waals surface area contributed by atoms with Crippen LogP contribution < -0.4 is 10.5 Å². The summed E-state index contributed by atoms with van der Waals surface area (Å²) in [7, 11) is 1.61. The third-order valence-electron chi connectivity index (χ3n) is 1.84. The van der Waals surface area contributed by atoms with Gasteiger partial charge >= 0.3 is 0 Å². The average Bonchev–Trinajstić information content (AvgIpc) is 2.65. The minimum atomic E-state index is 0.449. The van der Waals surface area contributed by atoms with Crippen LogP contribution in [0.1, 0.15) is 0 Å². The maximum Gasteiger partial charge on any atom is 0.145 e. The van der Waals surface area contributed by atoms with Gasteiger partial charge in [-0.05, 0) is 6.07 Å². The minimum absolute atomic E-state index is 0.449. The van der Waals surface area contributed by atoms with Crippen molar-refractivity contribution in [1.29, 1.82) is 0 Å². The van der Waals surface area contributed by atoms with Crippen LogP contribution in [0, 0.1) is 0 Å². The molecule has 0 fully saturated rings. The number of pyridine rings is 1. The van der Waals surface area contributed by atoms with E-state index in [0.717, 1.165) is 17.1 Å². The van der Waals surface area contributed by atoms with Gasteiger partial charge in [-0.3, -0.25) is 10.1 Å². The van der Waals surface area contributed by atoms with Gasteiger partial charge in [0, 0.05) is 18.3 Å². The molecular weight excluding hydrogens is 180 g/mol. The molecule has 0 bridgehead atoms. The number of H-pyrrole nitrogens is 1.